The number of ether oxygens (including phenoxy) is 1. The third kappa shape index (κ3) is 2.25. The first-order valence-electron chi connectivity index (χ1n) is 6.34. The van der Waals surface area contributed by atoms with Crippen LogP contribution in [0.15, 0.2) is 49.1 Å². The van der Waals surface area contributed by atoms with Crippen LogP contribution in [0.4, 0.5) is 0 Å². The molecule has 0 aliphatic heterocycles. The van der Waals surface area contributed by atoms with E-state index in [1.165, 1.54) is 0 Å². The Morgan fingerprint density at radius 1 is 1.25 bits per heavy atom. The summed E-state index contributed by atoms with van der Waals surface area (Å²) in [6, 6.07) is 7.20. The summed E-state index contributed by atoms with van der Waals surface area (Å²) in [4.78, 5) is 20.1. The molecule has 0 radical (unpaired) electrons. The highest BCUT2D eigenvalue weighted by molar-refractivity contribution is 5.89. The number of benzene rings is 1. The Hall–Kier alpha value is -2.69. The van der Waals surface area contributed by atoms with Gasteiger partial charge in [0.15, 0.2) is 5.65 Å². The third-order valence-electron chi connectivity index (χ3n) is 2.97. The minimum absolute atomic E-state index is 0.308. The van der Waals surface area contributed by atoms with Crippen molar-refractivity contribution in [3.8, 4) is 11.3 Å². The number of carbonyl (C=O) groups is 1. The van der Waals surface area contributed by atoms with E-state index in [1.807, 2.05) is 28.9 Å². The third-order valence-corrected chi connectivity index (χ3v) is 2.97. The monoisotopic (exact) mass is 267 g/mol. The normalized spacial score (nSPS) is 10.7. The van der Waals surface area contributed by atoms with Crippen molar-refractivity contribution in [1.82, 2.24) is 14.4 Å². The molecule has 0 saturated carbocycles. The highest BCUT2D eigenvalue weighted by Crippen LogP contribution is 2.18. The Balaban J connectivity index is 1.92. The van der Waals surface area contributed by atoms with Gasteiger partial charge in [-0.15, -0.1) is 0 Å². The van der Waals surface area contributed by atoms with E-state index in [9.17, 15) is 4.79 Å². The molecule has 0 fully saturated rings. The molecule has 3 rings (SSSR count). The number of rotatable bonds is 3. The van der Waals surface area contributed by atoms with Gasteiger partial charge in [-0.25, -0.2) is 9.78 Å². The van der Waals surface area contributed by atoms with Crippen molar-refractivity contribution in [1.29, 1.82) is 0 Å². The molecule has 5 nitrogen and oxygen atoms in total. The number of fused-ring (bicyclic) bond motifs is 1. The van der Waals surface area contributed by atoms with Gasteiger partial charge in [0.2, 0.25) is 0 Å². The lowest BCUT2D eigenvalue weighted by molar-refractivity contribution is 0.0526. The van der Waals surface area contributed by atoms with Gasteiger partial charge in [-0.2, -0.15) is 0 Å². The highest BCUT2D eigenvalue weighted by Gasteiger charge is 2.07. The molecule has 2 aromatic heterocycles. The molecular weight excluding hydrogens is 254 g/mol. The fraction of sp³-hybridized carbons (Fsp3) is 0.133. The van der Waals surface area contributed by atoms with Crippen LogP contribution in [0.3, 0.4) is 0 Å². The number of nitrogens with zero attached hydrogens (tertiary/aromatic N) is 3. The fourth-order valence-electron chi connectivity index (χ4n) is 1.97. The molecule has 3 aromatic rings. The maximum absolute atomic E-state index is 11.6. The van der Waals surface area contributed by atoms with Crippen LogP contribution < -0.4 is 0 Å². The molecule has 0 unspecified atom stereocenters. The standard InChI is InChI=1S/C15H13N3O2/c1-2-20-15(19)12-5-3-11(4-6-12)13-10-18-8-7-16-14(18)9-17-13/h3-10H,2H2,1H3. The first kappa shape index (κ1) is 12.3. The van der Waals surface area contributed by atoms with Gasteiger partial charge in [0, 0.05) is 24.2 Å². The molecule has 0 aliphatic carbocycles. The fourth-order valence-corrected chi connectivity index (χ4v) is 1.97. The predicted octanol–water partition coefficient (Wildman–Crippen LogP) is 2.57. The maximum atomic E-state index is 11.6. The van der Waals surface area contributed by atoms with E-state index in [0.717, 1.165) is 16.9 Å². The number of aromatic nitrogens is 3. The van der Waals surface area contributed by atoms with E-state index in [1.54, 1.807) is 31.5 Å². The second-order valence-corrected chi connectivity index (χ2v) is 4.26. The van der Waals surface area contributed by atoms with Crippen LogP contribution in [-0.4, -0.2) is 26.9 Å². The number of carbonyl (C=O) groups excluding carboxylic acids is 1. The number of imidazole rings is 1. The molecule has 0 atom stereocenters. The Bertz CT molecular complexity index is 747. The van der Waals surface area contributed by atoms with Crippen LogP contribution in [0, 0.1) is 0 Å². The minimum atomic E-state index is -0.308. The van der Waals surface area contributed by atoms with Crippen molar-refractivity contribution >= 4 is 11.6 Å². The number of esters is 1. The molecule has 0 aliphatic rings. The zero-order valence-electron chi connectivity index (χ0n) is 11.0. The summed E-state index contributed by atoms with van der Waals surface area (Å²) in [5, 5.41) is 0. The molecule has 0 N–H and O–H groups in total. The van der Waals surface area contributed by atoms with Gasteiger partial charge in [0.25, 0.3) is 0 Å². The van der Waals surface area contributed by atoms with Gasteiger partial charge >= 0.3 is 5.97 Å². The molecule has 5 heteroatoms. The van der Waals surface area contributed by atoms with E-state index >= 15 is 0 Å². The summed E-state index contributed by atoms with van der Waals surface area (Å²) in [6.45, 7) is 2.16. The Morgan fingerprint density at radius 3 is 2.80 bits per heavy atom. The van der Waals surface area contributed by atoms with Crippen LogP contribution in [0.2, 0.25) is 0 Å². The number of hydrogen-bond acceptors (Lipinski definition) is 4. The first-order valence-corrected chi connectivity index (χ1v) is 6.34. The molecule has 20 heavy (non-hydrogen) atoms. The van der Waals surface area contributed by atoms with E-state index in [-0.39, 0.29) is 5.97 Å². The molecular formula is C15H13N3O2. The maximum Gasteiger partial charge on any atom is 0.338 e. The van der Waals surface area contributed by atoms with Crippen LogP contribution in [0.25, 0.3) is 16.9 Å². The van der Waals surface area contributed by atoms with E-state index in [2.05, 4.69) is 9.97 Å². The minimum Gasteiger partial charge on any atom is -0.462 e. The molecule has 2 heterocycles. The lowest BCUT2D eigenvalue weighted by Crippen LogP contribution is -2.04. The van der Waals surface area contributed by atoms with Gasteiger partial charge < -0.3 is 9.14 Å². The summed E-state index contributed by atoms with van der Waals surface area (Å²) >= 11 is 0. The molecule has 100 valence electrons. The average Bonchev–Trinajstić information content (AvgIpc) is 2.95. The second-order valence-electron chi connectivity index (χ2n) is 4.26. The van der Waals surface area contributed by atoms with E-state index in [4.69, 9.17) is 4.74 Å². The van der Waals surface area contributed by atoms with Crippen molar-refractivity contribution in [2.45, 2.75) is 6.92 Å². The van der Waals surface area contributed by atoms with Crippen LogP contribution >= 0.6 is 0 Å². The Kier molecular flexibility index (Phi) is 3.16. The first-order chi connectivity index (χ1) is 9.78. The summed E-state index contributed by atoms with van der Waals surface area (Å²) < 4.78 is 6.86. The largest absolute Gasteiger partial charge is 0.462 e. The lowest BCUT2D eigenvalue weighted by atomic mass is 10.1. The molecule has 1 aromatic carbocycles. The summed E-state index contributed by atoms with van der Waals surface area (Å²) in [7, 11) is 0. The van der Waals surface area contributed by atoms with E-state index in [0.29, 0.717) is 12.2 Å². The zero-order chi connectivity index (χ0) is 13.9. The van der Waals surface area contributed by atoms with Crippen molar-refractivity contribution in [2.75, 3.05) is 6.61 Å². The van der Waals surface area contributed by atoms with Crippen LogP contribution in [0.1, 0.15) is 17.3 Å². The highest BCUT2D eigenvalue weighted by atomic mass is 16.5. The van der Waals surface area contributed by atoms with Gasteiger partial charge in [0.1, 0.15) is 0 Å². The van der Waals surface area contributed by atoms with Crippen molar-refractivity contribution in [3.05, 3.63) is 54.6 Å². The lowest BCUT2D eigenvalue weighted by Gasteiger charge is -2.04. The van der Waals surface area contributed by atoms with Crippen molar-refractivity contribution < 1.29 is 9.53 Å². The SMILES string of the molecule is CCOC(=O)c1ccc(-c2cn3ccnc3cn2)cc1. The average molecular weight is 267 g/mol. The molecule has 0 saturated heterocycles. The summed E-state index contributed by atoms with van der Waals surface area (Å²) in [5.74, 6) is -0.308. The zero-order valence-corrected chi connectivity index (χ0v) is 11.0. The molecule has 0 amide bonds. The second kappa shape index (κ2) is 5.13. The van der Waals surface area contributed by atoms with Gasteiger partial charge in [-0.3, -0.25) is 4.98 Å². The van der Waals surface area contributed by atoms with Gasteiger partial charge in [0.05, 0.1) is 24.1 Å². The topological polar surface area (TPSA) is 56.5 Å². The predicted molar refractivity (Wildman–Crippen MR) is 74.4 cm³/mol. The summed E-state index contributed by atoms with van der Waals surface area (Å²) in [6.07, 6.45) is 7.22. The van der Waals surface area contributed by atoms with Gasteiger partial charge in [-0.1, -0.05) is 12.1 Å². The summed E-state index contributed by atoms with van der Waals surface area (Å²) in [5.41, 5.74) is 3.11. The number of hydrogen-bond donors (Lipinski definition) is 0. The van der Waals surface area contributed by atoms with Crippen LogP contribution in [-0.2, 0) is 4.74 Å². The quantitative estimate of drug-likeness (QED) is 0.684. The molecule has 0 spiro atoms. The van der Waals surface area contributed by atoms with Crippen molar-refractivity contribution in [2.24, 2.45) is 0 Å². The smallest absolute Gasteiger partial charge is 0.338 e. The Labute approximate surface area is 115 Å². The molecule has 0 bridgehead atoms. The van der Waals surface area contributed by atoms with Crippen LogP contribution in [0.5, 0.6) is 0 Å². The van der Waals surface area contributed by atoms with E-state index < -0.39 is 0 Å². The van der Waals surface area contributed by atoms with Crippen molar-refractivity contribution in [3.63, 3.8) is 0 Å². The Morgan fingerprint density at radius 2 is 2.05 bits per heavy atom. The van der Waals surface area contributed by atoms with Gasteiger partial charge in [-0.05, 0) is 19.1 Å².